The number of hydrogen-bond acceptors (Lipinski definition) is 3. The number of aromatic nitrogens is 1. The summed E-state index contributed by atoms with van der Waals surface area (Å²) in [7, 11) is 0. The number of halogens is 4. The quantitative estimate of drug-likeness (QED) is 0.875. The van der Waals surface area contributed by atoms with E-state index in [0.29, 0.717) is 5.69 Å². The van der Waals surface area contributed by atoms with E-state index in [1.54, 1.807) is 6.07 Å². The molecule has 0 atom stereocenters. The molecule has 120 valence electrons. The maximum absolute atomic E-state index is 13.2. The molecule has 0 aliphatic heterocycles. The zero-order chi connectivity index (χ0) is 17.2. The van der Waals surface area contributed by atoms with Gasteiger partial charge in [-0.2, -0.15) is 22.8 Å². The molecule has 0 aliphatic rings. The van der Waals surface area contributed by atoms with Crippen LogP contribution in [0.15, 0.2) is 35.1 Å². The fourth-order valence-electron chi connectivity index (χ4n) is 1.98. The van der Waals surface area contributed by atoms with E-state index in [0.717, 1.165) is 6.07 Å². The average Bonchev–Trinajstić information content (AvgIpc) is 2.46. The Morgan fingerprint density at radius 1 is 1.26 bits per heavy atom. The number of aryl methyl sites for hydroxylation is 1. The number of rotatable bonds is 4. The first-order valence-corrected chi connectivity index (χ1v) is 6.34. The maximum Gasteiger partial charge on any atom is 0.461 e. The lowest BCUT2D eigenvalue weighted by Gasteiger charge is -2.19. The van der Waals surface area contributed by atoms with Gasteiger partial charge in [-0.3, -0.25) is 4.79 Å². The Morgan fingerprint density at radius 2 is 1.91 bits per heavy atom. The zero-order valence-electron chi connectivity index (χ0n) is 11.7. The van der Waals surface area contributed by atoms with E-state index in [9.17, 15) is 22.4 Å². The molecule has 0 radical (unpaired) electrons. The predicted molar refractivity (Wildman–Crippen MR) is 73.5 cm³/mol. The van der Waals surface area contributed by atoms with Gasteiger partial charge in [0.15, 0.2) is 0 Å². The summed E-state index contributed by atoms with van der Waals surface area (Å²) in [4.78, 5) is 14.2. The Kier molecular flexibility index (Phi) is 4.40. The summed E-state index contributed by atoms with van der Waals surface area (Å²) in [6.07, 6.45) is -8.72. The number of H-pyrrole nitrogens is 1. The van der Waals surface area contributed by atoms with Gasteiger partial charge in [0.1, 0.15) is 17.4 Å². The number of nitrogens with zero attached hydrogens (tertiary/aromatic N) is 1. The Morgan fingerprint density at radius 3 is 2.52 bits per heavy atom. The van der Waals surface area contributed by atoms with Crippen LogP contribution < -0.4 is 10.3 Å². The van der Waals surface area contributed by atoms with Crippen molar-refractivity contribution in [3.63, 3.8) is 0 Å². The Labute approximate surface area is 127 Å². The summed E-state index contributed by atoms with van der Waals surface area (Å²) in [6.45, 7) is 1.53. The van der Waals surface area contributed by atoms with Crippen LogP contribution in [0.25, 0.3) is 11.1 Å². The number of para-hydroxylation sites is 1. The van der Waals surface area contributed by atoms with E-state index in [1.807, 2.05) is 0 Å². The number of ether oxygens (including phenoxy) is 1. The molecule has 23 heavy (non-hydrogen) atoms. The molecule has 0 spiro atoms. The van der Waals surface area contributed by atoms with Gasteiger partial charge in [-0.1, -0.05) is 18.2 Å². The number of benzene rings is 1. The van der Waals surface area contributed by atoms with Gasteiger partial charge in [0, 0.05) is 16.8 Å². The van der Waals surface area contributed by atoms with Crippen LogP contribution in [0.5, 0.6) is 5.75 Å². The summed E-state index contributed by atoms with van der Waals surface area (Å²) in [5, 5.41) is 9.08. The minimum Gasteiger partial charge on any atom is -0.428 e. The minimum atomic E-state index is -4.70. The fraction of sp³-hybridized carbons (Fsp3) is 0.200. The van der Waals surface area contributed by atoms with E-state index in [2.05, 4.69) is 9.72 Å². The second-order valence-corrected chi connectivity index (χ2v) is 4.64. The molecule has 1 heterocycles. The van der Waals surface area contributed by atoms with Gasteiger partial charge in [0.2, 0.25) is 0 Å². The first kappa shape index (κ1) is 16.5. The second kappa shape index (κ2) is 6.12. The van der Waals surface area contributed by atoms with Crippen molar-refractivity contribution in [3.8, 4) is 22.9 Å². The van der Waals surface area contributed by atoms with Crippen LogP contribution in [-0.4, -0.2) is 17.5 Å². The number of aromatic amines is 1. The number of nitrogens with one attached hydrogen (secondary N) is 1. The highest BCUT2D eigenvalue weighted by Crippen LogP contribution is 2.36. The van der Waals surface area contributed by atoms with Crippen molar-refractivity contribution in [1.29, 1.82) is 5.26 Å². The summed E-state index contributed by atoms with van der Waals surface area (Å²) in [5.74, 6) is -0.556. The summed E-state index contributed by atoms with van der Waals surface area (Å²) >= 11 is 0. The molecular weight excluding hydrogens is 316 g/mol. The molecule has 0 aliphatic carbocycles. The normalized spacial score (nSPS) is 11.3. The maximum atomic E-state index is 13.2. The Balaban J connectivity index is 2.64. The largest absolute Gasteiger partial charge is 0.461 e. The molecular formula is C15H10F4N2O2. The van der Waals surface area contributed by atoms with E-state index in [-0.39, 0.29) is 16.7 Å². The molecule has 2 rings (SSSR count). The SMILES string of the molecule is Cc1cc(-c2ccccc2OC(F)(F)C(F)F)c(C#N)c(=O)[nH]1. The smallest absolute Gasteiger partial charge is 0.428 e. The molecule has 0 unspecified atom stereocenters. The Bertz CT molecular complexity index is 825. The van der Waals surface area contributed by atoms with Gasteiger partial charge in [-0.05, 0) is 19.1 Å². The van der Waals surface area contributed by atoms with Crippen molar-refractivity contribution in [2.75, 3.05) is 0 Å². The molecule has 8 heteroatoms. The first-order chi connectivity index (χ1) is 10.8. The molecule has 1 aromatic carbocycles. The van der Waals surface area contributed by atoms with Gasteiger partial charge < -0.3 is 9.72 Å². The molecule has 0 fully saturated rings. The van der Waals surface area contributed by atoms with E-state index in [4.69, 9.17) is 5.26 Å². The summed E-state index contributed by atoms with van der Waals surface area (Å²) < 4.78 is 55.1. The Hall–Kier alpha value is -2.82. The first-order valence-electron chi connectivity index (χ1n) is 6.34. The van der Waals surface area contributed by atoms with Crippen molar-refractivity contribution in [3.05, 3.63) is 51.9 Å². The molecule has 0 saturated carbocycles. The van der Waals surface area contributed by atoms with Crippen molar-refractivity contribution in [2.24, 2.45) is 0 Å². The summed E-state index contributed by atoms with van der Waals surface area (Å²) in [5.41, 5.74) is -0.697. The highest BCUT2D eigenvalue weighted by atomic mass is 19.3. The lowest BCUT2D eigenvalue weighted by Crippen LogP contribution is -2.33. The van der Waals surface area contributed by atoms with Crippen LogP contribution >= 0.6 is 0 Å². The molecule has 0 amide bonds. The van der Waals surface area contributed by atoms with Crippen LogP contribution in [0.4, 0.5) is 17.6 Å². The molecule has 1 N–H and O–H groups in total. The van der Waals surface area contributed by atoms with Gasteiger partial charge in [0.05, 0.1) is 0 Å². The van der Waals surface area contributed by atoms with Crippen molar-refractivity contribution in [2.45, 2.75) is 19.5 Å². The standard InChI is InChI=1S/C15H10F4N2O2/c1-8-6-10(11(7-20)13(22)21-8)9-4-2-3-5-12(9)23-15(18,19)14(16)17/h2-6,14H,1H3,(H,21,22). The van der Waals surface area contributed by atoms with Crippen LogP contribution in [0.2, 0.25) is 0 Å². The van der Waals surface area contributed by atoms with Crippen LogP contribution in [0.3, 0.4) is 0 Å². The molecule has 1 aromatic heterocycles. The van der Waals surface area contributed by atoms with E-state index >= 15 is 0 Å². The van der Waals surface area contributed by atoms with E-state index < -0.39 is 23.8 Å². The third-order valence-electron chi connectivity index (χ3n) is 2.96. The lowest BCUT2D eigenvalue weighted by atomic mass is 10.00. The molecule has 0 saturated heterocycles. The molecule has 4 nitrogen and oxygen atoms in total. The number of pyridine rings is 1. The zero-order valence-corrected chi connectivity index (χ0v) is 11.7. The van der Waals surface area contributed by atoms with Gasteiger partial charge in [-0.15, -0.1) is 0 Å². The van der Waals surface area contributed by atoms with Crippen LogP contribution in [0, 0.1) is 18.3 Å². The average molecular weight is 326 g/mol. The van der Waals surface area contributed by atoms with Gasteiger partial charge in [0.25, 0.3) is 5.56 Å². The number of nitriles is 1. The van der Waals surface area contributed by atoms with Gasteiger partial charge >= 0.3 is 12.5 Å². The van der Waals surface area contributed by atoms with Gasteiger partial charge in [-0.25, -0.2) is 0 Å². The van der Waals surface area contributed by atoms with E-state index in [1.165, 1.54) is 31.2 Å². The van der Waals surface area contributed by atoms with Crippen molar-refractivity contribution >= 4 is 0 Å². The minimum absolute atomic E-state index is 0.0226. The topological polar surface area (TPSA) is 65.9 Å². The second-order valence-electron chi connectivity index (χ2n) is 4.64. The monoisotopic (exact) mass is 326 g/mol. The third-order valence-corrected chi connectivity index (χ3v) is 2.96. The molecule has 0 bridgehead atoms. The van der Waals surface area contributed by atoms with Crippen LogP contribution in [-0.2, 0) is 0 Å². The number of alkyl halides is 4. The van der Waals surface area contributed by atoms with Crippen molar-refractivity contribution in [1.82, 2.24) is 4.98 Å². The molecule has 2 aromatic rings. The van der Waals surface area contributed by atoms with Crippen LogP contribution in [0.1, 0.15) is 11.3 Å². The number of hydrogen-bond donors (Lipinski definition) is 1. The highest BCUT2D eigenvalue weighted by molar-refractivity contribution is 5.75. The predicted octanol–water partition coefficient (Wildman–Crippen LogP) is 3.46. The summed E-state index contributed by atoms with van der Waals surface area (Å²) in [6, 6.07) is 8.16. The van der Waals surface area contributed by atoms with Crippen molar-refractivity contribution < 1.29 is 22.3 Å². The lowest BCUT2D eigenvalue weighted by molar-refractivity contribution is -0.253. The fourth-order valence-corrected chi connectivity index (χ4v) is 1.98. The third kappa shape index (κ3) is 3.34. The highest BCUT2D eigenvalue weighted by Gasteiger charge is 2.44.